The highest BCUT2D eigenvalue weighted by Crippen LogP contribution is 2.32. The van der Waals surface area contributed by atoms with Crippen LogP contribution in [0.4, 0.5) is 0 Å². The van der Waals surface area contributed by atoms with Crippen molar-refractivity contribution in [2.24, 2.45) is 0 Å². The van der Waals surface area contributed by atoms with Gasteiger partial charge in [0.05, 0.1) is 9.75 Å². The van der Waals surface area contributed by atoms with Crippen molar-refractivity contribution >= 4 is 23.1 Å². The van der Waals surface area contributed by atoms with Gasteiger partial charge in [-0.25, -0.2) is 8.75 Å². The second-order valence-corrected chi connectivity index (χ2v) is 4.49. The smallest absolute Gasteiger partial charge is 0.133 e. The van der Waals surface area contributed by atoms with Crippen LogP contribution in [-0.4, -0.2) is 13.9 Å². The van der Waals surface area contributed by atoms with Crippen LogP contribution in [-0.2, 0) is 5.60 Å². The quantitative estimate of drug-likeness (QED) is 0.826. The molecule has 68 valence electrons. The Balaban J connectivity index is 2.42. The van der Waals surface area contributed by atoms with Crippen molar-refractivity contribution in [3.05, 3.63) is 34.3 Å². The Hall–Kier alpha value is -0.780. The lowest BCUT2D eigenvalue weighted by molar-refractivity contribution is 0.110. The minimum Gasteiger partial charge on any atom is -0.379 e. The molecule has 0 atom stereocenters. The van der Waals surface area contributed by atoms with Gasteiger partial charge in [-0.3, -0.25) is 0 Å². The Morgan fingerprint density at radius 3 is 1.92 bits per heavy atom. The summed E-state index contributed by atoms with van der Waals surface area (Å²) in [6.07, 6.45) is 3.38. The molecule has 0 saturated carbocycles. The third-order valence-electron chi connectivity index (χ3n) is 1.84. The van der Waals surface area contributed by atoms with E-state index in [9.17, 15) is 5.11 Å². The van der Waals surface area contributed by atoms with Gasteiger partial charge >= 0.3 is 0 Å². The van der Waals surface area contributed by atoms with Gasteiger partial charge in [0, 0.05) is 12.4 Å². The van der Waals surface area contributed by atoms with Gasteiger partial charge in [-0.15, -0.1) is 0 Å². The number of hydrogen-bond acceptors (Lipinski definition) is 5. The fourth-order valence-corrected chi connectivity index (χ4v) is 2.41. The average molecular weight is 212 g/mol. The van der Waals surface area contributed by atoms with E-state index in [2.05, 4.69) is 8.75 Å². The van der Waals surface area contributed by atoms with E-state index >= 15 is 0 Å². The fourth-order valence-electron chi connectivity index (χ4n) is 1.06. The standard InChI is InChI=1S/C8H8N2OS2/c1-8(11,6-2-4-9-12-6)7-3-5-10-13-7/h2-5,11H,1H3. The van der Waals surface area contributed by atoms with E-state index in [0.717, 1.165) is 9.75 Å². The molecule has 0 radical (unpaired) electrons. The van der Waals surface area contributed by atoms with Crippen LogP contribution >= 0.6 is 23.1 Å². The van der Waals surface area contributed by atoms with Gasteiger partial charge in [-0.05, 0) is 42.1 Å². The zero-order chi connectivity index (χ0) is 9.31. The molecule has 0 saturated heterocycles. The average Bonchev–Trinajstić information content (AvgIpc) is 2.78. The van der Waals surface area contributed by atoms with Crippen molar-refractivity contribution < 1.29 is 5.11 Å². The summed E-state index contributed by atoms with van der Waals surface area (Å²) in [5.74, 6) is 0. The SMILES string of the molecule is CC(O)(c1ccns1)c1ccns1. The number of nitrogens with zero attached hydrogens (tertiary/aromatic N) is 2. The first kappa shape index (κ1) is 8.80. The molecule has 5 heteroatoms. The predicted octanol–water partition coefficient (Wildman–Crippen LogP) is 1.86. The highest BCUT2D eigenvalue weighted by molar-refractivity contribution is 7.07. The van der Waals surface area contributed by atoms with Crippen LogP contribution in [0.25, 0.3) is 0 Å². The largest absolute Gasteiger partial charge is 0.379 e. The second kappa shape index (κ2) is 3.17. The van der Waals surface area contributed by atoms with E-state index < -0.39 is 5.60 Å². The van der Waals surface area contributed by atoms with Crippen LogP contribution in [0, 0.1) is 0 Å². The van der Waals surface area contributed by atoms with E-state index in [1.54, 1.807) is 19.3 Å². The molecule has 2 aromatic heterocycles. The van der Waals surface area contributed by atoms with Crippen LogP contribution in [0.2, 0.25) is 0 Å². The normalized spacial score (nSPS) is 11.8. The van der Waals surface area contributed by atoms with Gasteiger partial charge < -0.3 is 5.11 Å². The predicted molar refractivity (Wildman–Crippen MR) is 52.9 cm³/mol. The molecule has 0 bridgehead atoms. The fraction of sp³-hybridized carbons (Fsp3) is 0.250. The maximum Gasteiger partial charge on any atom is 0.133 e. The molecule has 2 heterocycles. The first-order chi connectivity index (χ1) is 6.21. The molecule has 1 N–H and O–H groups in total. The molecule has 0 fully saturated rings. The molecule has 13 heavy (non-hydrogen) atoms. The lowest BCUT2D eigenvalue weighted by Gasteiger charge is -2.18. The zero-order valence-electron chi connectivity index (χ0n) is 6.97. The third-order valence-corrected chi connectivity index (χ3v) is 3.75. The number of rotatable bonds is 2. The number of aromatic nitrogens is 2. The molecule has 0 aliphatic heterocycles. The summed E-state index contributed by atoms with van der Waals surface area (Å²) in [5, 5.41) is 10.2. The Morgan fingerprint density at radius 2 is 1.62 bits per heavy atom. The van der Waals surface area contributed by atoms with Crippen LogP contribution < -0.4 is 0 Å². The van der Waals surface area contributed by atoms with Crippen molar-refractivity contribution in [2.75, 3.05) is 0 Å². The maximum absolute atomic E-state index is 10.2. The Bertz CT molecular complexity index is 331. The van der Waals surface area contributed by atoms with E-state index in [0.29, 0.717) is 0 Å². The topological polar surface area (TPSA) is 46.0 Å². The van der Waals surface area contributed by atoms with E-state index in [-0.39, 0.29) is 0 Å². The van der Waals surface area contributed by atoms with Gasteiger partial charge in [0.2, 0.25) is 0 Å². The Kier molecular flexibility index (Phi) is 2.15. The molecule has 0 amide bonds. The monoisotopic (exact) mass is 212 g/mol. The van der Waals surface area contributed by atoms with E-state index in [1.807, 2.05) is 12.1 Å². The van der Waals surface area contributed by atoms with Crippen molar-refractivity contribution in [1.82, 2.24) is 8.75 Å². The van der Waals surface area contributed by atoms with Crippen molar-refractivity contribution in [3.63, 3.8) is 0 Å². The summed E-state index contributed by atoms with van der Waals surface area (Å²) < 4.78 is 7.93. The maximum atomic E-state index is 10.2. The summed E-state index contributed by atoms with van der Waals surface area (Å²) in [5.41, 5.74) is -0.942. The van der Waals surface area contributed by atoms with Crippen molar-refractivity contribution in [2.45, 2.75) is 12.5 Å². The lowest BCUT2D eigenvalue weighted by atomic mass is 10.0. The van der Waals surface area contributed by atoms with Crippen molar-refractivity contribution in [3.8, 4) is 0 Å². The third kappa shape index (κ3) is 1.50. The molecule has 3 nitrogen and oxygen atoms in total. The highest BCUT2D eigenvalue weighted by atomic mass is 32.1. The van der Waals surface area contributed by atoms with Crippen LogP contribution in [0.3, 0.4) is 0 Å². The molecule has 0 unspecified atom stereocenters. The summed E-state index contributed by atoms with van der Waals surface area (Å²) in [7, 11) is 0. The molecule has 0 aromatic carbocycles. The van der Waals surface area contributed by atoms with Crippen LogP contribution in [0.15, 0.2) is 24.5 Å². The Morgan fingerprint density at radius 1 is 1.15 bits per heavy atom. The minimum atomic E-state index is -0.942. The van der Waals surface area contributed by atoms with Crippen LogP contribution in [0.1, 0.15) is 16.7 Å². The van der Waals surface area contributed by atoms with Crippen molar-refractivity contribution in [1.29, 1.82) is 0 Å². The zero-order valence-corrected chi connectivity index (χ0v) is 8.60. The van der Waals surface area contributed by atoms with Crippen LogP contribution in [0.5, 0.6) is 0 Å². The molecule has 2 rings (SSSR count). The molecule has 0 spiro atoms. The summed E-state index contributed by atoms with van der Waals surface area (Å²) in [6, 6.07) is 3.65. The van der Waals surface area contributed by atoms with E-state index in [4.69, 9.17) is 0 Å². The summed E-state index contributed by atoms with van der Waals surface area (Å²) >= 11 is 2.61. The minimum absolute atomic E-state index is 0.844. The van der Waals surface area contributed by atoms with Gasteiger partial charge in [0.15, 0.2) is 0 Å². The molecular formula is C8H8N2OS2. The van der Waals surface area contributed by atoms with Gasteiger partial charge in [0.1, 0.15) is 5.60 Å². The molecular weight excluding hydrogens is 204 g/mol. The lowest BCUT2D eigenvalue weighted by Crippen LogP contribution is -2.19. The van der Waals surface area contributed by atoms with E-state index in [1.165, 1.54) is 23.1 Å². The van der Waals surface area contributed by atoms with Gasteiger partial charge in [-0.1, -0.05) is 0 Å². The molecule has 0 aliphatic rings. The Labute approximate surface area is 84.0 Å². The highest BCUT2D eigenvalue weighted by Gasteiger charge is 2.28. The second-order valence-electron chi connectivity index (χ2n) is 2.83. The first-order valence-electron chi connectivity index (χ1n) is 3.76. The first-order valence-corrected chi connectivity index (χ1v) is 5.30. The summed E-state index contributed by atoms with van der Waals surface area (Å²) in [6.45, 7) is 1.76. The van der Waals surface area contributed by atoms with Gasteiger partial charge in [0.25, 0.3) is 0 Å². The number of hydrogen-bond donors (Lipinski definition) is 1. The molecule has 2 aromatic rings. The molecule has 0 aliphatic carbocycles. The van der Waals surface area contributed by atoms with Gasteiger partial charge in [-0.2, -0.15) is 0 Å². The summed E-state index contributed by atoms with van der Waals surface area (Å²) in [4.78, 5) is 1.69. The number of aliphatic hydroxyl groups is 1.